The Kier molecular flexibility index (Phi) is 15.7. The van der Waals surface area contributed by atoms with E-state index in [1.54, 1.807) is 6.07 Å². The van der Waals surface area contributed by atoms with Gasteiger partial charge in [0.15, 0.2) is 17.3 Å². The summed E-state index contributed by atoms with van der Waals surface area (Å²) >= 11 is 0. The molecule has 11 heteroatoms. The number of ketones is 2. The van der Waals surface area contributed by atoms with Crippen molar-refractivity contribution in [2.24, 2.45) is 23.7 Å². The van der Waals surface area contributed by atoms with E-state index in [4.69, 9.17) is 4.74 Å². The number of aromatic hydroxyl groups is 2. The van der Waals surface area contributed by atoms with Crippen molar-refractivity contribution in [2.45, 2.75) is 120 Å². The number of benzene rings is 4. The molecule has 1 fully saturated rings. The highest BCUT2D eigenvalue weighted by molar-refractivity contribution is 6.05. The summed E-state index contributed by atoms with van der Waals surface area (Å²) in [4.78, 5) is 38.3. The van der Waals surface area contributed by atoms with Crippen molar-refractivity contribution in [3.63, 3.8) is 0 Å². The second kappa shape index (κ2) is 23.2. The number of aryl methyl sites for hydroxylation is 3. The Morgan fingerprint density at radius 1 is 0.766 bits per heavy atom. The quantitative estimate of drug-likeness (QED) is 0.0463. The van der Waals surface area contributed by atoms with Gasteiger partial charge in [0.1, 0.15) is 23.4 Å². The number of anilines is 1. The van der Waals surface area contributed by atoms with Gasteiger partial charge in [0.2, 0.25) is 0 Å². The third-order valence-electron chi connectivity index (χ3n) is 17.3. The Morgan fingerprint density at radius 2 is 1.60 bits per heavy atom. The second-order valence-electron chi connectivity index (χ2n) is 22.3. The number of Topliss-reactive ketones (excluding diaryl/α,β-unsaturated/α-hetero) is 2. The maximum Gasteiger partial charge on any atom is 0.161 e. The van der Waals surface area contributed by atoms with Gasteiger partial charge in [-0.3, -0.25) is 9.59 Å². The van der Waals surface area contributed by atoms with Crippen LogP contribution < -0.4 is 15.4 Å². The molecule has 2 aliphatic heterocycles. The Balaban J connectivity index is 1.10. The maximum absolute atomic E-state index is 16.2. The molecule has 4 heterocycles. The normalized spacial score (nSPS) is 24.4. The summed E-state index contributed by atoms with van der Waals surface area (Å²) < 4.78 is 6.58. The molecule has 5 bridgehead atoms. The van der Waals surface area contributed by atoms with Crippen LogP contribution in [0.2, 0.25) is 0 Å². The standard InChI is InChI=1S/C66H72N4O7/c1-67-39-46-20-24-57-56-38-58-52(27-30-68-58)55(35-41-14-19-44-10-7-13-59(72)51(44)22-16-41)62(56)65(76)54(28-31-71)60(73)25-18-43-34-48(64(75)61(36-43)77-49-11-5-6-12-49)33-42-17-21-50(47(32-42)37-45-26-29-69-66(45)70-57)53(63(46)74)23-15-40-8-3-2-4-9-40/h2-4,7-10,13,16-17,21-22,26-27,29-30,32,34,36,38,41,46,49,53-55,57,62-63,67-72,74-75H,5-6,11-12,14-15,18-19,23,25,28,31,33,35,37,39H2,1H3/t41-,46+,53+,54+,55+,57-,62-,63+/m0/s1. The summed E-state index contributed by atoms with van der Waals surface area (Å²) in [6, 6.07) is 29.8. The Labute approximate surface area is 452 Å². The van der Waals surface area contributed by atoms with Gasteiger partial charge >= 0.3 is 0 Å². The van der Waals surface area contributed by atoms with Crippen molar-refractivity contribution in [1.29, 1.82) is 0 Å². The Bertz CT molecular complexity index is 3220. The number of fused-ring (bicyclic) bond motifs is 8. The summed E-state index contributed by atoms with van der Waals surface area (Å²) in [5.74, 6) is 5.02. The van der Waals surface area contributed by atoms with Crippen LogP contribution in [0.25, 0.3) is 12.2 Å². The van der Waals surface area contributed by atoms with Crippen LogP contribution in [0, 0.1) is 35.5 Å². The molecule has 3 aliphatic carbocycles. The van der Waals surface area contributed by atoms with E-state index in [1.165, 1.54) is 5.56 Å². The highest BCUT2D eigenvalue weighted by Gasteiger charge is 2.45. The average molecular weight is 1030 g/mol. The minimum atomic E-state index is -1.13. The smallest absolute Gasteiger partial charge is 0.161 e. The SMILES string of the molecule is CNC[C@H]1C#C[C@@H]2Nc3[nH]ccc3Cc3cc(ccc3[C@@H](CCc3ccccc3)[C@@H]1O)Cc1cc(cc(OC3CCCC3)c1O)CCC(=O)[C@@H](CCO)C(=O)[C@@H]1C2=Cc2[nH]ccc2[C@H]1C[C@@H]1C=Cc2c(O)cccc2CC1. The summed E-state index contributed by atoms with van der Waals surface area (Å²) in [5.41, 5.74) is 11.2. The number of hydrogen-bond acceptors (Lipinski definition) is 9. The minimum absolute atomic E-state index is 0.00769. The first-order valence-corrected chi connectivity index (χ1v) is 28.1. The molecular formula is C66H72N4O7. The van der Waals surface area contributed by atoms with Crippen LogP contribution in [-0.2, 0) is 41.7 Å². The largest absolute Gasteiger partial charge is 0.507 e. The highest BCUT2D eigenvalue weighted by atomic mass is 16.5. The molecule has 0 spiro atoms. The fourth-order valence-electron chi connectivity index (χ4n) is 13.3. The lowest BCUT2D eigenvalue weighted by Gasteiger charge is -2.38. The van der Waals surface area contributed by atoms with Gasteiger partial charge in [-0.1, -0.05) is 90.7 Å². The third-order valence-corrected chi connectivity index (χ3v) is 17.3. The number of carbonyl (C=O) groups is 2. The number of aromatic nitrogens is 2. The molecule has 8 N–H and O–H groups in total. The summed E-state index contributed by atoms with van der Waals surface area (Å²) in [6.45, 7) is 0.0429. The molecule has 0 unspecified atom stereocenters. The first kappa shape index (κ1) is 52.0. The lowest BCUT2D eigenvalue weighted by atomic mass is 9.66. The first-order valence-electron chi connectivity index (χ1n) is 28.1. The van der Waals surface area contributed by atoms with Crippen molar-refractivity contribution >= 4 is 29.5 Å². The summed E-state index contributed by atoms with van der Waals surface area (Å²) in [6.07, 6.45) is 17.8. The Morgan fingerprint density at radius 3 is 2.43 bits per heavy atom. The van der Waals surface area contributed by atoms with Gasteiger partial charge in [-0.05, 0) is 164 Å². The second-order valence-corrected chi connectivity index (χ2v) is 22.3. The number of carbonyl (C=O) groups excluding carboxylic acids is 2. The van der Waals surface area contributed by atoms with Gasteiger partial charge in [0, 0.05) is 79.4 Å². The van der Waals surface area contributed by atoms with Gasteiger partial charge < -0.3 is 45.8 Å². The van der Waals surface area contributed by atoms with Gasteiger partial charge in [0.05, 0.1) is 24.0 Å². The van der Waals surface area contributed by atoms with Gasteiger partial charge in [0.25, 0.3) is 0 Å². The molecule has 2 aromatic heterocycles. The maximum atomic E-state index is 16.2. The predicted octanol–water partition coefficient (Wildman–Crippen LogP) is 10.5. The molecule has 5 aliphatic rings. The van der Waals surface area contributed by atoms with E-state index in [1.807, 2.05) is 55.9 Å². The molecule has 398 valence electrons. The zero-order valence-electron chi connectivity index (χ0n) is 44.1. The molecule has 0 saturated heterocycles. The zero-order chi connectivity index (χ0) is 53.0. The van der Waals surface area contributed by atoms with Crippen molar-refractivity contribution in [3.05, 3.63) is 176 Å². The summed E-state index contributed by atoms with van der Waals surface area (Å²) in [7, 11) is 1.88. The molecule has 0 radical (unpaired) electrons. The molecule has 0 amide bonds. The van der Waals surface area contributed by atoms with E-state index in [0.717, 1.165) is 101 Å². The highest BCUT2D eigenvalue weighted by Crippen LogP contribution is 2.48. The third kappa shape index (κ3) is 11.2. The van der Waals surface area contributed by atoms with Crippen LogP contribution in [0.3, 0.4) is 0 Å². The molecular weight excluding hydrogens is 961 g/mol. The Hall–Kier alpha value is -7.10. The van der Waals surface area contributed by atoms with Gasteiger partial charge in [-0.25, -0.2) is 0 Å². The number of nitrogens with one attached hydrogen (secondary N) is 4. The number of hydrogen-bond donors (Lipinski definition) is 8. The molecule has 77 heavy (non-hydrogen) atoms. The average Bonchev–Trinajstić information content (AvgIpc) is 4.24. The van der Waals surface area contributed by atoms with Crippen molar-refractivity contribution < 1.29 is 34.8 Å². The van der Waals surface area contributed by atoms with E-state index >= 15 is 9.59 Å². The number of phenolic OH excluding ortho intramolecular Hbond substituents is 2. The number of aliphatic hydroxyl groups is 2. The van der Waals surface area contributed by atoms with Crippen LogP contribution in [0.15, 0.2) is 115 Å². The topological polar surface area (TPSA) is 180 Å². The fraction of sp³-hybridized carbons (Fsp3) is 0.394. The number of H-pyrrole nitrogens is 2. The molecule has 8 atom stereocenters. The number of aliphatic hydroxyl groups excluding tert-OH is 2. The molecule has 4 aromatic carbocycles. The molecule has 6 aromatic rings. The van der Waals surface area contributed by atoms with Crippen LogP contribution in [0.4, 0.5) is 5.82 Å². The van der Waals surface area contributed by atoms with Crippen molar-refractivity contribution in [1.82, 2.24) is 15.3 Å². The number of allylic oxidation sites excluding steroid dienone is 1. The summed E-state index contributed by atoms with van der Waals surface area (Å²) in [5, 5.41) is 54.0. The number of ether oxygens (including phenoxy) is 1. The van der Waals surface area contributed by atoms with Crippen LogP contribution in [0.1, 0.15) is 131 Å². The van der Waals surface area contributed by atoms with Crippen LogP contribution >= 0.6 is 0 Å². The minimum Gasteiger partial charge on any atom is -0.507 e. The zero-order valence-corrected chi connectivity index (χ0v) is 44.1. The fourth-order valence-corrected chi connectivity index (χ4v) is 13.3. The molecule has 1 saturated carbocycles. The van der Waals surface area contributed by atoms with E-state index in [9.17, 15) is 20.4 Å². The van der Waals surface area contributed by atoms with Crippen LogP contribution in [-0.4, -0.2) is 80.4 Å². The number of aromatic amines is 2. The van der Waals surface area contributed by atoms with Gasteiger partial charge in [-0.15, -0.1) is 0 Å². The molecule has 11 nitrogen and oxygen atoms in total. The van der Waals surface area contributed by atoms with E-state index in [-0.39, 0.29) is 60.5 Å². The lowest BCUT2D eigenvalue weighted by molar-refractivity contribution is -0.135. The van der Waals surface area contributed by atoms with E-state index < -0.39 is 35.8 Å². The van der Waals surface area contributed by atoms with Crippen molar-refractivity contribution in [3.8, 4) is 29.1 Å². The van der Waals surface area contributed by atoms with Crippen LogP contribution in [0.5, 0.6) is 17.2 Å². The van der Waals surface area contributed by atoms with E-state index in [0.29, 0.717) is 55.5 Å². The number of rotatable bonds is 11. The lowest BCUT2D eigenvalue weighted by Crippen LogP contribution is -2.41. The first-order chi connectivity index (χ1) is 37.6. The predicted molar refractivity (Wildman–Crippen MR) is 302 cm³/mol. The monoisotopic (exact) mass is 1030 g/mol. The molecule has 11 rings (SSSR count). The van der Waals surface area contributed by atoms with Gasteiger partial charge in [-0.2, -0.15) is 0 Å². The van der Waals surface area contributed by atoms with E-state index in [2.05, 4.69) is 99.2 Å². The number of phenols is 2. The van der Waals surface area contributed by atoms with Crippen molar-refractivity contribution in [2.75, 3.05) is 25.5 Å².